The largest absolute Gasteiger partial charge is 0.375 e. The van der Waals surface area contributed by atoms with Crippen LogP contribution in [-0.4, -0.2) is 18.5 Å². The van der Waals surface area contributed by atoms with Gasteiger partial charge in [0.05, 0.1) is 0 Å². The molecule has 0 aromatic heterocycles. The minimum atomic E-state index is 1.02. The molecular weight excluding hydrogens is 134 g/mol. The van der Waals surface area contributed by atoms with E-state index in [1.807, 2.05) is 25.2 Å². The number of rotatable bonds is 4. The second-order valence-electron chi connectivity index (χ2n) is 2.34. The summed E-state index contributed by atoms with van der Waals surface area (Å²) in [5.41, 5.74) is 1.20. The van der Waals surface area contributed by atoms with Crippen LogP contribution in [0.4, 0.5) is 0 Å². The van der Waals surface area contributed by atoms with Gasteiger partial charge in [-0.25, -0.2) is 0 Å². The summed E-state index contributed by atoms with van der Waals surface area (Å²) in [6, 6.07) is 0. The second-order valence-corrected chi connectivity index (χ2v) is 2.34. The lowest BCUT2D eigenvalue weighted by Gasteiger charge is -2.17. The van der Waals surface area contributed by atoms with E-state index in [0.717, 1.165) is 6.54 Å². The average Bonchev–Trinajstić information content (AvgIpc) is 2.03. The number of hydrogen-bond acceptors (Lipinski definition) is 1. The monoisotopic (exact) mass is 151 g/mol. The van der Waals surface area contributed by atoms with Crippen LogP contribution in [0.3, 0.4) is 0 Å². The van der Waals surface area contributed by atoms with Crippen LogP contribution < -0.4 is 0 Å². The van der Waals surface area contributed by atoms with Crippen LogP contribution in [0.25, 0.3) is 0 Å². The van der Waals surface area contributed by atoms with Crippen molar-refractivity contribution in [2.45, 2.75) is 13.8 Å². The van der Waals surface area contributed by atoms with E-state index in [0.29, 0.717) is 0 Å². The molecule has 62 valence electrons. The molecule has 0 rings (SSSR count). The molecule has 11 heavy (non-hydrogen) atoms. The van der Waals surface area contributed by atoms with Gasteiger partial charge in [-0.2, -0.15) is 0 Å². The summed E-state index contributed by atoms with van der Waals surface area (Å²) in [6.07, 6.45) is 7.91. The summed E-state index contributed by atoms with van der Waals surface area (Å²) in [5, 5.41) is 0. The number of likely N-dealkylation sites (N-methyl/N-ethyl adjacent to an activating group) is 1. The van der Waals surface area contributed by atoms with Crippen molar-refractivity contribution < 1.29 is 0 Å². The third kappa shape index (κ3) is 3.66. The SMILES string of the molecule is C=C/C=C(\C=C/C)N(C)CC. The maximum absolute atomic E-state index is 3.66. The van der Waals surface area contributed by atoms with E-state index >= 15 is 0 Å². The summed E-state index contributed by atoms with van der Waals surface area (Å²) in [5.74, 6) is 0. The fourth-order valence-electron chi connectivity index (χ4n) is 0.784. The van der Waals surface area contributed by atoms with Gasteiger partial charge in [-0.3, -0.25) is 0 Å². The van der Waals surface area contributed by atoms with Crippen LogP contribution >= 0.6 is 0 Å². The fraction of sp³-hybridized carbons (Fsp3) is 0.400. The molecule has 0 aliphatic rings. The lowest BCUT2D eigenvalue weighted by atomic mass is 10.3. The van der Waals surface area contributed by atoms with Gasteiger partial charge in [-0.1, -0.05) is 18.7 Å². The molecular formula is C10H17N. The zero-order chi connectivity index (χ0) is 8.69. The molecule has 1 heteroatoms. The highest BCUT2D eigenvalue weighted by molar-refractivity contribution is 5.20. The summed E-state index contributed by atoms with van der Waals surface area (Å²) >= 11 is 0. The number of allylic oxidation sites excluding steroid dienone is 4. The summed E-state index contributed by atoms with van der Waals surface area (Å²) in [6.45, 7) is 8.82. The molecule has 0 amide bonds. The van der Waals surface area contributed by atoms with Crippen LogP contribution in [0.1, 0.15) is 13.8 Å². The minimum Gasteiger partial charge on any atom is -0.375 e. The Morgan fingerprint density at radius 3 is 2.55 bits per heavy atom. The Hall–Kier alpha value is -0.980. The Morgan fingerprint density at radius 1 is 1.55 bits per heavy atom. The number of nitrogens with zero attached hydrogens (tertiary/aromatic N) is 1. The summed E-state index contributed by atoms with van der Waals surface area (Å²) < 4.78 is 0. The van der Waals surface area contributed by atoms with Gasteiger partial charge in [-0.05, 0) is 26.0 Å². The average molecular weight is 151 g/mol. The molecule has 0 bridgehead atoms. The van der Waals surface area contributed by atoms with Crippen LogP contribution in [0.5, 0.6) is 0 Å². The van der Waals surface area contributed by atoms with E-state index in [1.165, 1.54) is 5.70 Å². The van der Waals surface area contributed by atoms with E-state index in [9.17, 15) is 0 Å². The van der Waals surface area contributed by atoms with Crippen molar-refractivity contribution in [2.24, 2.45) is 0 Å². The Morgan fingerprint density at radius 2 is 2.18 bits per heavy atom. The number of hydrogen-bond donors (Lipinski definition) is 0. The first-order valence-electron chi connectivity index (χ1n) is 3.92. The van der Waals surface area contributed by atoms with Gasteiger partial charge in [0.15, 0.2) is 0 Å². The zero-order valence-electron chi connectivity index (χ0n) is 7.67. The van der Waals surface area contributed by atoms with Crippen molar-refractivity contribution in [3.8, 4) is 0 Å². The zero-order valence-corrected chi connectivity index (χ0v) is 7.67. The highest BCUT2D eigenvalue weighted by atomic mass is 15.1. The van der Waals surface area contributed by atoms with Gasteiger partial charge < -0.3 is 4.90 Å². The van der Waals surface area contributed by atoms with E-state index in [2.05, 4.69) is 31.5 Å². The van der Waals surface area contributed by atoms with Crippen molar-refractivity contribution in [3.63, 3.8) is 0 Å². The van der Waals surface area contributed by atoms with Crippen molar-refractivity contribution in [2.75, 3.05) is 13.6 Å². The Labute approximate surface area is 69.7 Å². The molecule has 1 nitrogen and oxygen atoms in total. The van der Waals surface area contributed by atoms with Gasteiger partial charge in [0, 0.05) is 19.3 Å². The molecule has 0 aromatic rings. The Bertz CT molecular complexity index is 166. The van der Waals surface area contributed by atoms with Gasteiger partial charge in [0.2, 0.25) is 0 Å². The van der Waals surface area contributed by atoms with E-state index < -0.39 is 0 Å². The van der Waals surface area contributed by atoms with E-state index in [4.69, 9.17) is 0 Å². The summed E-state index contributed by atoms with van der Waals surface area (Å²) in [4.78, 5) is 2.17. The molecule has 0 atom stereocenters. The molecule has 0 heterocycles. The van der Waals surface area contributed by atoms with Gasteiger partial charge in [0.25, 0.3) is 0 Å². The lowest BCUT2D eigenvalue weighted by molar-refractivity contribution is 0.456. The molecule has 0 aliphatic heterocycles. The molecule has 0 saturated carbocycles. The molecule has 0 fully saturated rings. The third-order valence-corrected chi connectivity index (χ3v) is 1.54. The quantitative estimate of drug-likeness (QED) is 0.558. The lowest BCUT2D eigenvalue weighted by Crippen LogP contribution is -2.15. The van der Waals surface area contributed by atoms with Gasteiger partial charge >= 0.3 is 0 Å². The van der Waals surface area contributed by atoms with Crippen LogP contribution in [0, 0.1) is 0 Å². The normalized spacial score (nSPS) is 12.1. The van der Waals surface area contributed by atoms with Gasteiger partial charge in [-0.15, -0.1) is 0 Å². The Balaban J connectivity index is 4.32. The Kier molecular flexibility index (Phi) is 5.26. The van der Waals surface area contributed by atoms with Crippen LogP contribution in [0.2, 0.25) is 0 Å². The third-order valence-electron chi connectivity index (χ3n) is 1.54. The second kappa shape index (κ2) is 5.78. The first kappa shape index (κ1) is 10.0. The molecule has 0 unspecified atom stereocenters. The first-order chi connectivity index (χ1) is 5.26. The molecule has 0 radical (unpaired) electrons. The maximum Gasteiger partial charge on any atom is 0.0359 e. The predicted molar refractivity (Wildman–Crippen MR) is 51.4 cm³/mol. The molecule has 0 N–H and O–H groups in total. The van der Waals surface area contributed by atoms with E-state index in [1.54, 1.807) is 0 Å². The highest BCUT2D eigenvalue weighted by Crippen LogP contribution is 2.02. The molecule has 0 saturated heterocycles. The highest BCUT2D eigenvalue weighted by Gasteiger charge is 1.94. The minimum absolute atomic E-state index is 1.02. The van der Waals surface area contributed by atoms with Crippen LogP contribution in [0.15, 0.2) is 36.6 Å². The summed E-state index contributed by atoms with van der Waals surface area (Å²) in [7, 11) is 2.06. The molecule has 0 spiro atoms. The molecule has 0 aliphatic carbocycles. The first-order valence-corrected chi connectivity index (χ1v) is 3.92. The standard InChI is InChI=1S/C10H17N/c1-5-8-10(9-6-2)11(4)7-3/h5-6,8-9H,1,7H2,2-4H3/b9-6-,10-8+. The van der Waals surface area contributed by atoms with Crippen LogP contribution in [-0.2, 0) is 0 Å². The maximum atomic E-state index is 3.66. The fourth-order valence-corrected chi connectivity index (χ4v) is 0.784. The predicted octanol–water partition coefficient (Wildman–Crippen LogP) is 2.58. The topological polar surface area (TPSA) is 3.24 Å². The van der Waals surface area contributed by atoms with Crippen molar-refractivity contribution in [1.82, 2.24) is 4.90 Å². The molecule has 0 aromatic carbocycles. The van der Waals surface area contributed by atoms with Crippen molar-refractivity contribution in [1.29, 1.82) is 0 Å². The smallest absolute Gasteiger partial charge is 0.0359 e. The van der Waals surface area contributed by atoms with Gasteiger partial charge in [0.1, 0.15) is 0 Å². The van der Waals surface area contributed by atoms with Crippen molar-refractivity contribution >= 4 is 0 Å². The van der Waals surface area contributed by atoms with E-state index in [-0.39, 0.29) is 0 Å². The van der Waals surface area contributed by atoms with Crippen molar-refractivity contribution in [3.05, 3.63) is 36.6 Å².